The van der Waals surface area contributed by atoms with Gasteiger partial charge >= 0.3 is 12.1 Å². The van der Waals surface area contributed by atoms with Gasteiger partial charge in [0, 0.05) is 19.4 Å². The molecule has 1 aromatic rings. The van der Waals surface area contributed by atoms with Crippen LogP contribution >= 0.6 is 0 Å². The van der Waals surface area contributed by atoms with Crippen molar-refractivity contribution in [3.05, 3.63) is 24.3 Å². The van der Waals surface area contributed by atoms with Gasteiger partial charge in [-0.05, 0) is 0 Å². The molecule has 0 radical (unpaired) electrons. The van der Waals surface area contributed by atoms with Crippen molar-refractivity contribution in [2.24, 2.45) is 7.05 Å². The van der Waals surface area contributed by atoms with E-state index in [2.05, 4.69) is 10.3 Å². The first-order valence-corrected chi connectivity index (χ1v) is 4.56. The highest BCUT2D eigenvalue weighted by Crippen LogP contribution is 2.21. The van der Waals surface area contributed by atoms with E-state index in [4.69, 9.17) is 10.5 Å². The van der Waals surface area contributed by atoms with Crippen LogP contribution in [0.4, 0.5) is 19.0 Å². The lowest BCUT2D eigenvalue weighted by atomic mass is 10.1. The lowest BCUT2D eigenvalue weighted by Gasteiger charge is -2.08. The Morgan fingerprint density at radius 3 is 2.61 bits per heavy atom. The van der Waals surface area contributed by atoms with E-state index >= 15 is 0 Å². The summed E-state index contributed by atoms with van der Waals surface area (Å²) in [5.41, 5.74) is -3.12. The molecule has 0 aliphatic heterocycles. The summed E-state index contributed by atoms with van der Waals surface area (Å²) in [6, 6.07) is 0. The van der Waals surface area contributed by atoms with Crippen LogP contribution in [-0.2, 0) is 11.8 Å². The fraction of sp³-hybridized carbons (Fsp3) is 0.222. The van der Waals surface area contributed by atoms with E-state index in [1.54, 1.807) is 7.05 Å². The summed E-state index contributed by atoms with van der Waals surface area (Å²) >= 11 is 0. The highest BCUT2D eigenvalue weighted by atomic mass is 19.4. The van der Waals surface area contributed by atoms with Crippen molar-refractivity contribution in [3.8, 4) is 0 Å². The Labute approximate surface area is 99.3 Å². The van der Waals surface area contributed by atoms with Gasteiger partial charge in [0.05, 0.1) is 6.33 Å². The number of carboxylic acid groups (broad SMARTS) is 1. The molecule has 0 amide bonds. The van der Waals surface area contributed by atoms with E-state index in [-0.39, 0.29) is 5.82 Å². The molecule has 0 unspecified atom stereocenters. The second-order valence-electron chi connectivity index (χ2n) is 3.30. The summed E-state index contributed by atoms with van der Waals surface area (Å²) in [5.74, 6) is -1.67. The summed E-state index contributed by atoms with van der Waals surface area (Å²) in [6.45, 7) is 0. The van der Waals surface area contributed by atoms with Crippen LogP contribution in [0, 0.1) is 5.41 Å². The van der Waals surface area contributed by atoms with Gasteiger partial charge in [0.15, 0.2) is 5.71 Å². The number of alkyl halides is 3. The average Bonchev–Trinajstić information content (AvgIpc) is 2.62. The van der Waals surface area contributed by atoms with Crippen LogP contribution < -0.4 is 5.32 Å². The van der Waals surface area contributed by atoms with Crippen LogP contribution in [0.3, 0.4) is 0 Å². The average molecular weight is 262 g/mol. The van der Waals surface area contributed by atoms with Gasteiger partial charge in [0.1, 0.15) is 11.4 Å². The van der Waals surface area contributed by atoms with Crippen molar-refractivity contribution in [1.82, 2.24) is 9.55 Å². The van der Waals surface area contributed by atoms with Crippen LogP contribution in [0.25, 0.3) is 0 Å². The molecule has 0 atom stereocenters. The largest absolute Gasteiger partial charge is 0.478 e. The minimum absolute atomic E-state index is 0.172. The third-order valence-corrected chi connectivity index (χ3v) is 1.85. The SMILES string of the molecule is Cn1cnc(N/C=C(\C(=N)C(F)(F)F)C(=O)O)c1. The number of carbonyl (C=O) groups is 1. The zero-order valence-electron chi connectivity index (χ0n) is 9.12. The molecule has 0 saturated heterocycles. The van der Waals surface area contributed by atoms with Crippen molar-refractivity contribution in [2.75, 3.05) is 5.32 Å². The number of nitrogens with one attached hydrogen (secondary N) is 2. The minimum atomic E-state index is -5.02. The summed E-state index contributed by atoms with van der Waals surface area (Å²) < 4.78 is 38.2. The van der Waals surface area contributed by atoms with Crippen LogP contribution in [-0.4, -0.2) is 32.5 Å². The lowest BCUT2D eigenvalue weighted by Crippen LogP contribution is -2.28. The van der Waals surface area contributed by atoms with Crippen molar-refractivity contribution in [2.45, 2.75) is 6.18 Å². The highest BCUT2D eigenvalue weighted by Gasteiger charge is 2.39. The Balaban J connectivity index is 2.93. The molecule has 0 bridgehead atoms. The third-order valence-electron chi connectivity index (χ3n) is 1.85. The van der Waals surface area contributed by atoms with Gasteiger partial charge in [0.25, 0.3) is 0 Å². The Kier molecular flexibility index (Phi) is 3.74. The van der Waals surface area contributed by atoms with Gasteiger partial charge < -0.3 is 15.0 Å². The van der Waals surface area contributed by atoms with Crippen LogP contribution in [0.1, 0.15) is 0 Å². The lowest BCUT2D eigenvalue weighted by molar-refractivity contribution is -0.132. The quantitative estimate of drug-likeness (QED) is 0.564. The predicted molar refractivity (Wildman–Crippen MR) is 56.3 cm³/mol. The van der Waals surface area contributed by atoms with Crippen molar-refractivity contribution < 1.29 is 23.1 Å². The predicted octanol–water partition coefficient (Wildman–Crippen LogP) is 1.38. The Morgan fingerprint density at radius 1 is 1.61 bits per heavy atom. The topological polar surface area (TPSA) is 91.0 Å². The van der Waals surface area contributed by atoms with Crippen LogP contribution in [0.2, 0.25) is 0 Å². The number of hydrogen-bond donors (Lipinski definition) is 3. The fourth-order valence-electron chi connectivity index (χ4n) is 1.03. The molecule has 0 fully saturated rings. The number of anilines is 1. The van der Waals surface area contributed by atoms with Gasteiger partial charge in [-0.1, -0.05) is 0 Å². The van der Waals surface area contributed by atoms with Crippen molar-refractivity contribution in [1.29, 1.82) is 5.41 Å². The summed E-state index contributed by atoms with van der Waals surface area (Å²) in [7, 11) is 1.64. The Bertz CT molecular complexity index is 504. The molecule has 0 spiro atoms. The molecular weight excluding hydrogens is 253 g/mol. The second kappa shape index (κ2) is 4.90. The first kappa shape index (κ1) is 13.7. The number of nitrogens with zero attached hydrogens (tertiary/aromatic N) is 2. The van der Waals surface area contributed by atoms with Gasteiger partial charge in [-0.25, -0.2) is 9.78 Å². The van der Waals surface area contributed by atoms with E-state index in [1.807, 2.05) is 0 Å². The monoisotopic (exact) mass is 262 g/mol. The highest BCUT2D eigenvalue weighted by molar-refractivity contribution is 6.20. The third kappa shape index (κ3) is 3.34. The number of aromatic nitrogens is 2. The van der Waals surface area contributed by atoms with E-state index in [9.17, 15) is 18.0 Å². The number of aliphatic carboxylic acids is 1. The number of carboxylic acids is 1. The van der Waals surface area contributed by atoms with Gasteiger partial charge in [-0.3, -0.25) is 5.41 Å². The van der Waals surface area contributed by atoms with Gasteiger partial charge in [-0.2, -0.15) is 13.2 Å². The van der Waals surface area contributed by atoms with Crippen molar-refractivity contribution in [3.63, 3.8) is 0 Å². The summed E-state index contributed by atoms with van der Waals surface area (Å²) in [5, 5.41) is 17.7. The normalized spacial score (nSPS) is 12.3. The minimum Gasteiger partial charge on any atom is -0.478 e. The van der Waals surface area contributed by atoms with Crippen LogP contribution in [0.15, 0.2) is 24.3 Å². The maximum absolute atomic E-state index is 12.2. The molecule has 6 nitrogen and oxygen atoms in total. The first-order chi connectivity index (χ1) is 8.21. The molecule has 98 valence electrons. The molecule has 3 N–H and O–H groups in total. The number of rotatable bonds is 4. The Morgan fingerprint density at radius 2 is 2.22 bits per heavy atom. The summed E-state index contributed by atoms with van der Waals surface area (Å²) in [6.07, 6.45) is -1.62. The molecule has 1 aromatic heterocycles. The van der Waals surface area contributed by atoms with E-state index in [0.29, 0.717) is 6.20 Å². The molecule has 1 rings (SSSR count). The molecule has 18 heavy (non-hydrogen) atoms. The second-order valence-corrected chi connectivity index (χ2v) is 3.30. The molecule has 0 saturated carbocycles. The Hall–Kier alpha value is -2.32. The standard InChI is InChI=1S/C9H9F3N4O2/c1-16-3-6(15-4-16)14-2-5(8(17)18)7(13)9(10,11)12/h2-4,13-14H,1H3,(H,17,18)/b5-2+,13-7?. The maximum atomic E-state index is 12.2. The number of halogens is 3. The smallest absolute Gasteiger partial charge is 0.433 e. The summed E-state index contributed by atoms with van der Waals surface area (Å²) in [4.78, 5) is 14.4. The van der Waals surface area contributed by atoms with Crippen molar-refractivity contribution >= 4 is 17.5 Å². The van der Waals surface area contributed by atoms with Crippen LogP contribution in [0.5, 0.6) is 0 Å². The number of aryl methyl sites for hydroxylation is 1. The molecular formula is C9H9F3N4O2. The maximum Gasteiger partial charge on any atom is 0.433 e. The molecule has 0 aliphatic rings. The molecule has 0 aliphatic carbocycles. The number of imidazole rings is 1. The van der Waals surface area contributed by atoms with Gasteiger partial charge in [-0.15, -0.1) is 0 Å². The van der Waals surface area contributed by atoms with Gasteiger partial charge in [0.2, 0.25) is 0 Å². The molecule has 0 aromatic carbocycles. The zero-order chi connectivity index (χ0) is 13.9. The number of hydrogen-bond acceptors (Lipinski definition) is 4. The zero-order valence-corrected chi connectivity index (χ0v) is 9.12. The van der Waals surface area contributed by atoms with E-state index in [0.717, 1.165) is 0 Å². The van der Waals surface area contributed by atoms with E-state index in [1.165, 1.54) is 17.1 Å². The molecule has 1 heterocycles. The first-order valence-electron chi connectivity index (χ1n) is 4.56. The molecule has 9 heteroatoms. The fourth-order valence-corrected chi connectivity index (χ4v) is 1.03. The van der Waals surface area contributed by atoms with E-state index < -0.39 is 23.4 Å².